The first-order chi connectivity index (χ1) is 13.1. The van der Waals surface area contributed by atoms with E-state index in [1.54, 1.807) is 24.3 Å². The van der Waals surface area contributed by atoms with Gasteiger partial charge >= 0.3 is 6.09 Å². The molecule has 2 amide bonds. The normalized spacial score (nSPS) is 22.7. The molecule has 1 aliphatic carbocycles. The number of fused-ring (bicyclic) bond motifs is 1. The predicted molar refractivity (Wildman–Crippen MR) is 107 cm³/mol. The molecule has 4 N–H and O–H groups in total. The van der Waals surface area contributed by atoms with Crippen LogP contribution in [0.4, 0.5) is 4.79 Å². The standard InChI is InChI=1S/C18H22ClN3O5S/c1-28(26,27)9-10-2-4-14(15(6-10)22-18(24)25)21-17(23)16-8-11-7-12(19)3-5-13(11)20-16/h3,5,7-8,10,14-15,20,22H,2,4,6,9H2,1H3,(H,21,23)(H,24,25)/t10-,14-,15+/m0/s1. The summed E-state index contributed by atoms with van der Waals surface area (Å²) in [4.78, 5) is 26.8. The number of carbonyl (C=O) groups excluding carboxylic acids is 1. The minimum Gasteiger partial charge on any atom is -0.465 e. The van der Waals surface area contributed by atoms with Gasteiger partial charge in [0.15, 0.2) is 0 Å². The summed E-state index contributed by atoms with van der Waals surface area (Å²) in [6, 6.07) is 5.95. The molecule has 10 heteroatoms. The zero-order valence-electron chi connectivity index (χ0n) is 15.2. The quantitative estimate of drug-likeness (QED) is 0.582. The molecular weight excluding hydrogens is 406 g/mol. The number of hydrogen-bond donors (Lipinski definition) is 4. The highest BCUT2D eigenvalue weighted by atomic mass is 35.5. The monoisotopic (exact) mass is 427 g/mol. The Labute approximate surface area is 167 Å². The van der Waals surface area contributed by atoms with E-state index in [1.807, 2.05) is 0 Å². The third-order valence-corrected chi connectivity index (χ3v) is 6.26. The van der Waals surface area contributed by atoms with Crippen molar-refractivity contribution in [3.63, 3.8) is 0 Å². The van der Waals surface area contributed by atoms with Gasteiger partial charge in [-0.05, 0) is 49.4 Å². The van der Waals surface area contributed by atoms with Gasteiger partial charge in [-0.2, -0.15) is 0 Å². The van der Waals surface area contributed by atoms with Gasteiger partial charge in [-0.15, -0.1) is 0 Å². The largest absolute Gasteiger partial charge is 0.465 e. The van der Waals surface area contributed by atoms with Crippen LogP contribution < -0.4 is 10.6 Å². The second-order valence-electron chi connectivity index (χ2n) is 7.32. The van der Waals surface area contributed by atoms with Crippen molar-refractivity contribution in [2.24, 2.45) is 5.92 Å². The molecule has 3 rings (SSSR count). The molecule has 152 valence electrons. The number of amides is 2. The van der Waals surface area contributed by atoms with Gasteiger partial charge in [0, 0.05) is 28.2 Å². The van der Waals surface area contributed by atoms with Gasteiger partial charge in [-0.3, -0.25) is 4.79 Å². The molecule has 0 saturated heterocycles. The number of benzene rings is 1. The Balaban J connectivity index is 1.72. The fourth-order valence-corrected chi connectivity index (χ4v) is 5.14. The van der Waals surface area contributed by atoms with Crippen molar-refractivity contribution in [3.8, 4) is 0 Å². The molecule has 0 bridgehead atoms. The molecule has 3 atom stereocenters. The number of aromatic amines is 1. The number of nitrogens with one attached hydrogen (secondary N) is 3. The van der Waals surface area contributed by atoms with Gasteiger partial charge in [-0.1, -0.05) is 11.6 Å². The van der Waals surface area contributed by atoms with Crippen LogP contribution in [0.2, 0.25) is 5.02 Å². The molecule has 1 aliphatic rings. The second-order valence-corrected chi connectivity index (χ2v) is 9.94. The molecule has 2 aromatic rings. The Morgan fingerprint density at radius 3 is 2.64 bits per heavy atom. The lowest BCUT2D eigenvalue weighted by Gasteiger charge is -2.36. The smallest absolute Gasteiger partial charge is 0.404 e. The first-order valence-corrected chi connectivity index (χ1v) is 11.3. The first kappa shape index (κ1) is 20.5. The lowest BCUT2D eigenvalue weighted by Crippen LogP contribution is -2.54. The Hall–Kier alpha value is -2.26. The number of aromatic nitrogens is 1. The van der Waals surface area contributed by atoms with Crippen LogP contribution in [0.25, 0.3) is 10.9 Å². The Morgan fingerprint density at radius 2 is 1.96 bits per heavy atom. The minimum absolute atomic E-state index is 0.00818. The fourth-order valence-electron chi connectivity index (χ4n) is 3.80. The van der Waals surface area contributed by atoms with E-state index < -0.39 is 28.0 Å². The van der Waals surface area contributed by atoms with Crippen LogP contribution in [0.1, 0.15) is 29.8 Å². The van der Waals surface area contributed by atoms with E-state index in [-0.39, 0.29) is 17.6 Å². The van der Waals surface area contributed by atoms with E-state index in [0.717, 1.165) is 10.9 Å². The van der Waals surface area contributed by atoms with Crippen molar-refractivity contribution in [1.29, 1.82) is 0 Å². The number of rotatable bonds is 5. The van der Waals surface area contributed by atoms with Crippen molar-refractivity contribution in [2.75, 3.05) is 12.0 Å². The van der Waals surface area contributed by atoms with Crippen molar-refractivity contribution in [2.45, 2.75) is 31.3 Å². The fraction of sp³-hybridized carbons (Fsp3) is 0.444. The molecule has 1 saturated carbocycles. The van der Waals surface area contributed by atoms with E-state index in [0.29, 0.717) is 30.0 Å². The van der Waals surface area contributed by atoms with Gasteiger partial charge < -0.3 is 20.7 Å². The van der Waals surface area contributed by atoms with Crippen LogP contribution in [-0.2, 0) is 9.84 Å². The van der Waals surface area contributed by atoms with E-state index in [9.17, 15) is 18.0 Å². The number of hydrogen-bond acceptors (Lipinski definition) is 4. The second kappa shape index (κ2) is 8.00. The van der Waals surface area contributed by atoms with Crippen molar-refractivity contribution < 1.29 is 23.1 Å². The first-order valence-electron chi connectivity index (χ1n) is 8.87. The van der Waals surface area contributed by atoms with Crippen LogP contribution >= 0.6 is 11.6 Å². The third kappa shape index (κ3) is 5.17. The van der Waals surface area contributed by atoms with Crippen LogP contribution in [0.15, 0.2) is 24.3 Å². The average Bonchev–Trinajstić information content (AvgIpc) is 2.98. The molecular formula is C18H22ClN3O5S. The maximum absolute atomic E-state index is 12.7. The summed E-state index contributed by atoms with van der Waals surface area (Å²) in [6.07, 6.45) is 1.40. The van der Waals surface area contributed by atoms with Crippen LogP contribution in [-0.4, -0.2) is 54.6 Å². The van der Waals surface area contributed by atoms with E-state index >= 15 is 0 Å². The molecule has 0 spiro atoms. The average molecular weight is 428 g/mol. The summed E-state index contributed by atoms with van der Waals surface area (Å²) in [5, 5.41) is 15.8. The van der Waals surface area contributed by atoms with Crippen LogP contribution in [0.3, 0.4) is 0 Å². The molecule has 28 heavy (non-hydrogen) atoms. The summed E-state index contributed by atoms with van der Waals surface area (Å²) in [5.41, 5.74) is 1.12. The molecule has 0 unspecified atom stereocenters. The zero-order chi connectivity index (χ0) is 20.5. The highest BCUT2D eigenvalue weighted by molar-refractivity contribution is 7.90. The topological polar surface area (TPSA) is 128 Å². The highest BCUT2D eigenvalue weighted by Gasteiger charge is 2.34. The Kier molecular flexibility index (Phi) is 5.85. The number of carboxylic acid groups (broad SMARTS) is 1. The minimum atomic E-state index is -3.16. The maximum Gasteiger partial charge on any atom is 0.404 e. The number of carbonyl (C=O) groups is 2. The van der Waals surface area contributed by atoms with E-state index in [4.69, 9.17) is 16.7 Å². The van der Waals surface area contributed by atoms with E-state index in [2.05, 4.69) is 15.6 Å². The summed E-state index contributed by atoms with van der Waals surface area (Å²) < 4.78 is 23.1. The van der Waals surface area contributed by atoms with Crippen LogP contribution in [0, 0.1) is 5.92 Å². The summed E-state index contributed by atoms with van der Waals surface area (Å²) >= 11 is 5.97. The number of sulfone groups is 1. The molecule has 1 aromatic carbocycles. The molecule has 1 aromatic heterocycles. The van der Waals surface area contributed by atoms with Gasteiger partial charge in [0.25, 0.3) is 5.91 Å². The SMILES string of the molecule is CS(=O)(=O)C[C@H]1CC[C@H](NC(=O)c2cc3cc(Cl)ccc3[nH]2)[C@H](NC(=O)O)C1. The molecule has 1 heterocycles. The van der Waals surface area contributed by atoms with Gasteiger partial charge in [-0.25, -0.2) is 13.2 Å². The van der Waals surface area contributed by atoms with Crippen LogP contribution in [0.5, 0.6) is 0 Å². The van der Waals surface area contributed by atoms with Gasteiger partial charge in [0.05, 0.1) is 11.8 Å². The molecule has 0 radical (unpaired) electrons. The summed E-state index contributed by atoms with van der Waals surface area (Å²) in [7, 11) is -3.16. The zero-order valence-corrected chi connectivity index (χ0v) is 16.8. The summed E-state index contributed by atoms with van der Waals surface area (Å²) in [6.45, 7) is 0. The lowest BCUT2D eigenvalue weighted by molar-refractivity contribution is 0.0899. The Bertz CT molecular complexity index is 1000. The molecule has 0 aliphatic heterocycles. The number of H-pyrrole nitrogens is 1. The van der Waals surface area contributed by atoms with Crippen molar-refractivity contribution >= 4 is 44.3 Å². The van der Waals surface area contributed by atoms with Crippen molar-refractivity contribution in [1.82, 2.24) is 15.6 Å². The Morgan fingerprint density at radius 1 is 1.21 bits per heavy atom. The predicted octanol–water partition coefficient (Wildman–Crippen LogP) is 2.40. The molecule has 1 fully saturated rings. The highest BCUT2D eigenvalue weighted by Crippen LogP contribution is 2.27. The van der Waals surface area contributed by atoms with E-state index in [1.165, 1.54) is 6.26 Å². The van der Waals surface area contributed by atoms with Gasteiger partial charge in [0.2, 0.25) is 0 Å². The number of halogens is 1. The summed E-state index contributed by atoms with van der Waals surface area (Å²) in [5.74, 6) is -0.486. The third-order valence-electron chi connectivity index (χ3n) is 4.95. The van der Waals surface area contributed by atoms with Gasteiger partial charge in [0.1, 0.15) is 15.5 Å². The molecule has 8 nitrogen and oxygen atoms in total. The lowest BCUT2D eigenvalue weighted by atomic mass is 9.83. The maximum atomic E-state index is 12.7. The van der Waals surface area contributed by atoms with Crippen molar-refractivity contribution in [3.05, 3.63) is 35.0 Å².